The minimum atomic E-state index is -3.29. The fourth-order valence-corrected chi connectivity index (χ4v) is 2.88. The third kappa shape index (κ3) is 2.48. The molecule has 0 amide bonds. The van der Waals surface area contributed by atoms with Gasteiger partial charge < -0.3 is 0 Å². The molecule has 0 fully saturated rings. The summed E-state index contributed by atoms with van der Waals surface area (Å²) in [6.07, 6.45) is 0. The van der Waals surface area contributed by atoms with Gasteiger partial charge in [-0.2, -0.15) is 12.6 Å². The maximum atomic E-state index is 12.9. The van der Waals surface area contributed by atoms with E-state index in [2.05, 4.69) is 12.6 Å². The number of thiol groups is 1. The number of hydrogen-bond donors (Lipinski definition) is 1. The second kappa shape index (κ2) is 4.31. The Bertz CT molecular complexity index is 426. The lowest BCUT2D eigenvalue weighted by molar-refractivity contribution is 0.595. The van der Waals surface area contributed by atoms with Crippen LogP contribution in [0.5, 0.6) is 0 Å². The third-order valence-corrected chi connectivity index (χ3v) is 4.09. The Balaban J connectivity index is 3.15. The Labute approximate surface area is 88.5 Å². The summed E-state index contributed by atoms with van der Waals surface area (Å²) in [7, 11) is -3.29. The van der Waals surface area contributed by atoms with Gasteiger partial charge in [0.15, 0.2) is 9.84 Å². The smallest absolute Gasteiger partial charge is 0.179 e. The number of aryl methyl sites for hydroxylation is 1. The van der Waals surface area contributed by atoms with Crippen LogP contribution in [0, 0.1) is 12.7 Å². The van der Waals surface area contributed by atoms with Crippen molar-refractivity contribution in [1.29, 1.82) is 0 Å². The standard InChI is InChI=1S/C9H11FO2S2/c1-7-6-8(2-3-9(7)10)14(11,12)5-4-13/h2-3,6,13H,4-5H2,1H3. The van der Waals surface area contributed by atoms with Crippen molar-refractivity contribution in [1.82, 2.24) is 0 Å². The van der Waals surface area contributed by atoms with E-state index >= 15 is 0 Å². The van der Waals surface area contributed by atoms with Crippen LogP contribution in [0.4, 0.5) is 4.39 Å². The highest BCUT2D eigenvalue weighted by molar-refractivity contribution is 7.92. The molecule has 0 bridgehead atoms. The number of benzene rings is 1. The molecule has 0 aromatic heterocycles. The predicted octanol–water partition coefficient (Wildman–Crippen LogP) is 1.84. The molecule has 14 heavy (non-hydrogen) atoms. The average Bonchev–Trinajstić information content (AvgIpc) is 2.09. The molecule has 0 aliphatic heterocycles. The summed E-state index contributed by atoms with van der Waals surface area (Å²) >= 11 is 3.86. The highest BCUT2D eigenvalue weighted by Gasteiger charge is 2.14. The number of hydrogen-bond acceptors (Lipinski definition) is 3. The molecule has 0 unspecified atom stereocenters. The molecular formula is C9H11FO2S2. The van der Waals surface area contributed by atoms with Crippen molar-refractivity contribution < 1.29 is 12.8 Å². The first-order valence-corrected chi connectivity index (χ1v) is 6.35. The summed E-state index contributed by atoms with van der Waals surface area (Å²) < 4.78 is 35.9. The molecule has 0 radical (unpaired) electrons. The summed E-state index contributed by atoms with van der Waals surface area (Å²) in [5, 5.41) is 0. The number of halogens is 1. The zero-order valence-electron chi connectivity index (χ0n) is 7.70. The molecule has 2 nitrogen and oxygen atoms in total. The summed E-state index contributed by atoms with van der Waals surface area (Å²) in [5.74, 6) is -0.158. The highest BCUT2D eigenvalue weighted by atomic mass is 32.2. The SMILES string of the molecule is Cc1cc(S(=O)(=O)CCS)ccc1F. The molecule has 1 aromatic rings. The van der Waals surface area contributed by atoms with Crippen LogP contribution in [0.1, 0.15) is 5.56 Å². The van der Waals surface area contributed by atoms with Gasteiger partial charge in [0.2, 0.25) is 0 Å². The van der Waals surface area contributed by atoms with Crippen LogP contribution < -0.4 is 0 Å². The van der Waals surface area contributed by atoms with Crippen LogP contribution in [0.25, 0.3) is 0 Å². The topological polar surface area (TPSA) is 34.1 Å². The van der Waals surface area contributed by atoms with Gasteiger partial charge in [0.1, 0.15) is 5.82 Å². The average molecular weight is 234 g/mol. The normalized spacial score (nSPS) is 11.6. The zero-order valence-corrected chi connectivity index (χ0v) is 9.41. The lowest BCUT2D eigenvalue weighted by atomic mass is 10.2. The van der Waals surface area contributed by atoms with Crippen molar-refractivity contribution in [2.45, 2.75) is 11.8 Å². The van der Waals surface area contributed by atoms with Crippen molar-refractivity contribution in [2.75, 3.05) is 11.5 Å². The maximum Gasteiger partial charge on any atom is 0.179 e. The van der Waals surface area contributed by atoms with Gasteiger partial charge in [-0.05, 0) is 30.7 Å². The second-order valence-electron chi connectivity index (χ2n) is 2.95. The van der Waals surface area contributed by atoms with Gasteiger partial charge >= 0.3 is 0 Å². The molecule has 0 heterocycles. The summed E-state index contributed by atoms with van der Waals surface area (Å²) in [4.78, 5) is 0.158. The van der Waals surface area contributed by atoms with Crippen molar-refractivity contribution in [2.24, 2.45) is 0 Å². The first-order chi connectivity index (χ1) is 6.47. The maximum absolute atomic E-state index is 12.9. The first-order valence-electron chi connectivity index (χ1n) is 4.07. The molecule has 0 atom stereocenters. The van der Waals surface area contributed by atoms with Gasteiger partial charge in [-0.1, -0.05) is 0 Å². The Morgan fingerprint density at radius 3 is 2.57 bits per heavy atom. The molecule has 0 aliphatic rings. The monoisotopic (exact) mass is 234 g/mol. The third-order valence-electron chi connectivity index (χ3n) is 1.85. The molecule has 0 spiro atoms. The molecule has 0 N–H and O–H groups in total. The van der Waals surface area contributed by atoms with E-state index in [1.807, 2.05) is 0 Å². The second-order valence-corrected chi connectivity index (χ2v) is 5.51. The van der Waals surface area contributed by atoms with Crippen LogP contribution in [0.15, 0.2) is 23.1 Å². The van der Waals surface area contributed by atoms with E-state index in [1.165, 1.54) is 25.1 Å². The zero-order chi connectivity index (χ0) is 10.8. The van der Waals surface area contributed by atoms with Gasteiger partial charge in [-0.15, -0.1) is 0 Å². The molecule has 1 aromatic carbocycles. The molecule has 0 saturated heterocycles. The minimum absolute atomic E-state index is 0.0266. The van der Waals surface area contributed by atoms with Crippen molar-refractivity contribution >= 4 is 22.5 Å². The van der Waals surface area contributed by atoms with E-state index < -0.39 is 15.7 Å². The van der Waals surface area contributed by atoms with Gasteiger partial charge in [0.05, 0.1) is 10.6 Å². The van der Waals surface area contributed by atoms with E-state index in [0.29, 0.717) is 5.56 Å². The lowest BCUT2D eigenvalue weighted by Crippen LogP contribution is -2.08. The van der Waals surface area contributed by atoms with Gasteiger partial charge in [-0.3, -0.25) is 0 Å². The molecule has 78 valence electrons. The molecule has 0 aliphatic carbocycles. The Morgan fingerprint density at radius 1 is 1.43 bits per heavy atom. The number of sulfone groups is 1. The van der Waals surface area contributed by atoms with Gasteiger partial charge in [0.25, 0.3) is 0 Å². The minimum Gasteiger partial charge on any atom is -0.224 e. The van der Waals surface area contributed by atoms with Crippen LogP contribution in [-0.2, 0) is 9.84 Å². The van der Waals surface area contributed by atoms with Crippen molar-refractivity contribution in [3.8, 4) is 0 Å². The summed E-state index contributed by atoms with van der Waals surface area (Å²) in [6.45, 7) is 1.54. The fourth-order valence-electron chi connectivity index (χ4n) is 1.05. The quantitative estimate of drug-likeness (QED) is 0.639. The molecule has 1 rings (SSSR count). The Morgan fingerprint density at radius 2 is 2.07 bits per heavy atom. The van der Waals surface area contributed by atoms with Crippen LogP contribution >= 0.6 is 12.6 Å². The summed E-state index contributed by atoms with van der Waals surface area (Å²) in [6, 6.07) is 3.79. The van der Waals surface area contributed by atoms with Crippen molar-refractivity contribution in [3.05, 3.63) is 29.6 Å². The molecule has 5 heteroatoms. The summed E-state index contributed by atoms with van der Waals surface area (Å²) in [5.41, 5.74) is 0.338. The van der Waals surface area contributed by atoms with Crippen LogP contribution in [0.2, 0.25) is 0 Å². The Hall–Kier alpha value is -0.550. The Kier molecular flexibility index (Phi) is 3.55. The molecule has 0 saturated carbocycles. The first kappa shape index (κ1) is 11.5. The fraction of sp³-hybridized carbons (Fsp3) is 0.333. The number of rotatable bonds is 3. The van der Waals surface area contributed by atoms with Gasteiger partial charge in [0, 0.05) is 5.75 Å². The molecular weight excluding hydrogens is 223 g/mol. The van der Waals surface area contributed by atoms with Crippen LogP contribution in [0.3, 0.4) is 0 Å². The lowest BCUT2D eigenvalue weighted by Gasteiger charge is -2.03. The van der Waals surface area contributed by atoms with E-state index in [4.69, 9.17) is 0 Å². The van der Waals surface area contributed by atoms with Crippen LogP contribution in [-0.4, -0.2) is 19.9 Å². The largest absolute Gasteiger partial charge is 0.224 e. The highest BCUT2D eigenvalue weighted by Crippen LogP contribution is 2.15. The van der Waals surface area contributed by atoms with E-state index in [0.717, 1.165) is 0 Å². The van der Waals surface area contributed by atoms with E-state index in [1.54, 1.807) is 0 Å². The van der Waals surface area contributed by atoms with Gasteiger partial charge in [-0.25, -0.2) is 12.8 Å². The predicted molar refractivity (Wildman–Crippen MR) is 57.0 cm³/mol. The van der Waals surface area contributed by atoms with Crippen molar-refractivity contribution in [3.63, 3.8) is 0 Å². The van der Waals surface area contributed by atoms with E-state index in [-0.39, 0.29) is 16.4 Å². The van der Waals surface area contributed by atoms with E-state index in [9.17, 15) is 12.8 Å².